The van der Waals surface area contributed by atoms with E-state index < -0.39 is 17.5 Å². The molecule has 5 rings (SSSR count). The van der Waals surface area contributed by atoms with Crippen LogP contribution in [0.1, 0.15) is 42.9 Å². The average Bonchev–Trinajstić information content (AvgIpc) is 3.42. The van der Waals surface area contributed by atoms with Crippen molar-refractivity contribution in [1.29, 1.82) is 0 Å². The molecule has 1 aromatic heterocycles. The zero-order valence-electron chi connectivity index (χ0n) is 20.8. The molecule has 1 amide bonds. The Labute approximate surface area is 214 Å². The highest BCUT2D eigenvalue weighted by Gasteiger charge is 2.30. The Kier molecular flexibility index (Phi) is 7.23. The van der Waals surface area contributed by atoms with Crippen LogP contribution in [-0.4, -0.2) is 58.0 Å². The maximum atomic E-state index is 14.1. The molecule has 1 aliphatic carbocycles. The predicted octanol–water partition coefficient (Wildman–Crippen LogP) is 3.38. The van der Waals surface area contributed by atoms with Crippen molar-refractivity contribution in [3.05, 3.63) is 82.0 Å². The molecule has 3 aromatic rings. The van der Waals surface area contributed by atoms with Crippen LogP contribution in [-0.2, 0) is 4.79 Å². The van der Waals surface area contributed by atoms with E-state index in [9.17, 15) is 19.1 Å². The zero-order chi connectivity index (χ0) is 25.9. The first-order chi connectivity index (χ1) is 17.9. The number of anilines is 1. The van der Waals surface area contributed by atoms with E-state index in [-0.39, 0.29) is 17.8 Å². The number of piperazine rings is 1. The summed E-state index contributed by atoms with van der Waals surface area (Å²) in [5, 5.41) is 14.9. The fourth-order valence-electron chi connectivity index (χ4n) is 5.08. The van der Waals surface area contributed by atoms with Crippen molar-refractivity contribution in [3.8, 4) is 11.4 Å². The lowest BCUT2D eigenvalue weighted by molar-refractivity contribution is -0.140. The number of ether oxygens (including phenoxy) is 1. The fourth-order valence-corrected chi connectivity index (χ4v) is 5.08. The van der Waals surface area contributed by atoms with E-state index >= 15 is 0 Å². The summed E-state index contributed by atoms with van der Waals surface area (Å²) in [5.41, 5.74) is 1.71. The molecular weight excluding hydrogens is 475 g/mol. The predicted molar refractivity (Wildman–Crippen MR) is 138 cm³/mol. The van der Waals surface area contributed by atoms with Gasteiger partial charge in [-0.15, -0.1) is 0 Å². The molecule has 2 aliphatic rings. The van der Waals surface area contributed by atoms with Crippen LogP contribution in [0.25, 0.3) is 5.69 Å². The summed E-state index contributed by atoms with van der Waals surface area (Å²) in [6, 6.07) is 13.3. The molecule has 1 unspecified atom stereocenters. The molecule has 0 bridgehead atoms. The van der Waals surface area contributed by atoms with E-state index in [4.69, 9.17) is 4.74 Å². The molecule has 1 aliphatic heterocycles. The smallest absolute Gasteiger partial charge is 0.316 e. The van der Waals surface area contributed by atoms with Crippen molar-refractivity contribution in [2.24, 2.45) is 0 Å². The minimum Gasteiger partial charge on any atom is -0.483 e. The lowest BCUT2D eigenvalue weighted by Crippen LogP contribution is -2.50. The van der Waals surface area contributed by atoms with Crippen molar-refractivity contribution in [2.45, 2.75) is 44.8 Å². The Morgan fingerprint density at radius 3 is 2.46 bits per heavy atom. The molecule has 0 spiro atoms. The lowest BCUT2D eigenvalue weighted by atomic mass is 10.1. The normalized spacial score (nSPS) is 17.2. The zero-order valence-corrected chi connectivity index (χ0v) is 20.8. The molecule has 2 fully saturated rings. The highest BCUT2D eigenvalue weighted by molar-refractivity contribution is 5.82. The second kappa shape index (κ2) is 10.7. The van der Waals surface area contributed by atoms with Crippen molar-refractivity contribution in [1.82, 2.24) is 14.7 Å². The number of aliphatic hydroxyl groups excluding tert-OH is 1. The number of amides is 1. The Morgan fingerprint density at radius 2 is 1.78 bits per heavy atom. The summed E-state index contributed by atoms with van der Waals surface area (Å²) in [4.78, 5) is 30.1. The van der Waals surface area contributed by atoms with Crippen LogP contribution in [0.4, 0.5) is 10.1 Å². The Morgan fingerprint density at radius 1 is 1.08 bits per heavy atom. The van der Waals surface area contributed by atoms with Crippen LogP contribution in [0.3, 0.4) is 0 Å². The van der Waals surface area contributed by atoms with Crippen molar-refractivity contribution in [2.75, 3.05) is 31.1 Å². The summed E-state index contributed by atoms with van der Waals surface area (Å²) in [7, 11) is 0. The number of rotatable bonds is 6. The summed E-state index contributed by atoms with van der Waals surface area (Å²) < 4.78 is 21.5. The van der Waals surface area contributed by atoms with Crippen molar-refractivity contribution in [3.63, 3.8) is 0 Å². The number of hydrogen-bond acceptors (Lipinski definition) is 6. The van der Waals surface area contributed by atoms with Crippen LogP contribution >= 0.6 is 0 Å². The second-order valence-electron chi connectivity index (χ2n) is 9.71. The molecule has 1 N–H and O–H groups in total. The van der Waals surface area contributed by atoms with Gasteiger partial charge in [-0.3, -0.25) is 9.59 Å². The Hall–Kier alpha value is -3.72. The van der Waals surface area contributed by atoms with Gasteiger partial charge in [0.1, 0.15) is 11.5 Å². The molecular formula is C28H31FN4O4. The third kappa shape index (κ3) is 5.36. The first kappa shape index (κ1) is 25.0. The Balaban J connectivity index is 1.39. The van der Waals surface area contributed by atoms with Gasteiger partial charge in [0, 0.05) is 26.2 Å². The molecule has 0 radical (unpaired) electrons. The molecule has 2 heterocycles. The topological polar surface area (TPSA) is 87.9 Å². The number of halogens is 1. The van der Waals surface area contributed by atoms with Gasteiger partial charge in [-0.25, -0.2) is 4.39 Å². The molecule has 9 heteroatoms. The highest BCUT2D eigenvalue weighted by atomic mass is 19.1. The van der Waals surface area contributed by atoms with Crippen molar-refractivity contribution >= 4 is 11.6 Å². The number of hydrogen-bond donors (Lipinski definition) is 1. The summed E-state index contributed by atoms with van der Waals surface area (Å²) >= 11 is 0. The molecule has 1 saturated heterocycles. The molecule has 1 saturated carbocycles. The number of aryl methyl sites for hydroxylation is 1. The van der Waals surface area contributed by atoms with Crippen LogP contribution < -0.4 is 15.2 Å². The maximum Gasteiger partial charge on any atom is 0.316 e. The van der Waals surface area contributed by atoms with Gasteiger partial charge in [0.15, 0.2) is 6.10 Å². The van der Waals surface area contributed by atoms with E-state index in [0.717, 1.165) is 25.7 Å². The van der Waals surface area contributed by atoms with Gasteiger partial charge in [-0.05, 0) is 61.9 Å². The average molecular weight is 507 g/mol. The number of carbonyl (C=O) groups is 1. The molecule has 1 atom stereocenters. The van der Waals surface area contributed by atoms with Crippen LogP contribution in [0.15, 0.2) is 59.5 Å². The number of benzene rings is 2. The van der Waals surface area contributed by atoms with E-state index in [2.05, 4.69) is 5.10 Å². The summed E-state index contributed by atoms with van der Waals surface area (Å²) in [5.74, 6) is -0.583. The quantitative estimate of drug-likeness (QED) is 0.552. The van der Waals surface area contributed by atoms with Crippen LogP contribution in [0, 0.1) is 12.7 Å². The van der Waals surface area contributed by atoms with E-state index in [1.54, 1.807) is 48.4 Å². The van der Waals surface area contributed by atoms with Crippen LogP contribution in [0.5, 0.6) is 5.75 Å². The minimum atomic E-state index is -1.21. The number of aliphatic hydroxyl groups is 1. The van der Waals surface area contributed by atoms with Gasteiger partial charge in [-0.1, -0.05) is 30.3 Å². The van der Waals surface area contributed by atoms with Gasteiger partial charge >= 0.3 is 5.56 Å². The number of nitrogens with zero attached hydrogens (tertiary/aromatic N) is 4. The summed E-state index contributed by atoms with van der Waals surface area (Å²) in [6.45, 7) is 3.45. The molecule has 8 nitrogen and oxygen atoms in total. The Bertz CT molecular complexity index is 1300. The van der Waals surface area contributed by atoms with Crippen LogP contribution in [0.2, 0.25) is 0 Å². The molecule has 2 aromatic carbocycles. The molecule has 37 heavy (non-hydrogen) atoms. The van der Waals surface area contributed by atoms with Crippen molar-refractivity contribution < 1.29 is 19.0 Å². The summed E-state index contributed by atoms with van der Waals surface area (Å²) in [6.07, 6.45) is 4.16. The lowest BCUT2D eigenvalue weighted by Gasteiger charge is -2.37. The monoisotopic (exact) mass is 506 g/mol. The fraction of sp³-hybridized carbons (Fsp3) is 0.393. The maximum absolute atomic E-state index is 14.1. The van der Waals surface area contributed by atoms with Gasteiger partial charge in [0.25, 0.3) is 5.91 Å². The number of carbonyl (C=O) groups excluding carboxylic acids is 1. The van der Waals surface area contributed by atoms with E-state index in [0.29, 0.717) is 48.7 Å². The number of aromatic nitrogens is 2. The second-order valence-corrected chi connectivity index (χ2v) is 9.71. The van der Waals surface area contributed by atoms with Gasteiger partial charge in [-0.2, -0.15) is 9.78 Å². The highest BCUT2D eigenvalue weighted by Crippen LogP contribution is 2.30. The standard InChI is InChI=1S/C28H31FN4O4/c1-19-15-21(29)17-22(16-19)33-28(36)26(37-23-9-5-6-10-23)24(18-30-33)31-11-13-32(14-12-31)27(35)25(34)20-7-3-2-4-8-20/h2-4,7-8,15-18,23,25,34H,5-6,9-14H2,1H3. The van der Waals surface area contributed by atoms with E-state index in [1.165, 1.54) is 16.8 Å². The van der Waals surface area contributed by atoms with Gasteiger partial charge < -0.3 is 19.6 Å². The third-order valence-electron chi connectivity index (χ3n) is 7.05. The first-order valence-corrected chi connectivity index (χ1v) is 12.7. The van der Waals surface area contributed by atoms with Gasteiger partial charge in [0.2, 0.25) is 5.75 Å². The first-order valence-electron chi connectivity index (χ1n) is 12.7. The largest absolute Gasteiger partial charge is 0.483 e. The van der Waals surface area contributed by atoms with E-state index in [1.807, 2.05) is 11.0 Å². The van der Waals surface area contributed by atoms with Gasteiger partial charge in [0.05, 0.1) is 18.0 Å². The molecule has 194 valence electrons. The minimum absolute atomic E-state index is 0.0552. The SMILES string of the molecule is Cc1cc(F)cc(-n2ncc(N3CCN(C(=O)C(O)c4ccccc4)CC3)c(OC3CCCC3)c2=O)c1. The third-order valence-corrected chi connectivity index (χ3v) is 7.05.